The number of nitrogens with one attached hydrogen (secondary N) is 4. The second-order valence-electron chi connectivity index (χ2n) is 9.24. The minimum atomic E-state index is -1.39. The number of rotatable bonds is 15. The quantitative estimate of drug-likeness (QED) is 0.165. The summed E-state index contributed by atoms with van der Waals surface area (Å²) in [6.07, 6.45) is 3.13. The number of carbonyl (C=O) groups excluding carboxylic acids is 3. The van der Waals surface area contributed by atoms with Gasteiger partial charge in [0.15, 0.2) is 0 Å². The van der Waals surface area contributed by atoms with E-state index in [1.54, 1.807) is 20.0 Å². The first-order valence-corrected chi connectivity index (χ1v) is 13.5. The number of hydrogen-bond donors (Lipinski definition) is 7. The van der Waals surface area contributed by atoms with Gasteiger partial charge in [-0.25, -0.2) is 4.79 Å². The summed E-state index contributed by atoms with van der Waals surface area (Å²) < 4.78 is 0. The van der Waals surface area contributed by atoms with Crippen LogP contribution in [0.3, 0.4) is 0 Å². The molecule has 0 radical (unpaired) electrons. The van der Waals surface area contributed by atoms with Crippen LogP contribution in [0.2, 0.25) is 0 Å². The number of amides is 3. The first kappa shape index (κ1) is 30.6. The smallest absolute Gasteiger partial charge is 0.326 e. The zero-order valence-corrected chi connectivity index (χ0v) is 22.3. The van der Waals surface area contributed by atoms with E-state index < -0.39 is 66.2 Å². The molecule has 0 saturated carbocycles. The van der Waals surface area contributed by atoms with E-state index in [4.69, 9.17) is 10.8 Å². The monoisotopic (exact) mass is 549 g/mol. The second-order valence-corrected chi connectivity index (χ2v) is 10.2. The highest BCUT2D eigenvalue weighted by atomic mass is 32.2. The molecule has 0 aliphatic rings. The molecule has 4 unspecified atom stereocenters. The average Bonchev–Trinajstić information content (AvgIpc) is 3.26. The number of H-pyrrole nitrogens is 1. The van der Waals surface area contributed by atoms with Crippen LogP contribution in [0.5, 0.6) is 0 Å². The molecule has 4 atom stereocenters. The Balaban J connectivity index is 2.27. The number of hydrogen-bond acceptors (Lipinski definition) is 7. The topological polar surface area (TPSA) is 204 Å². The number of nitrogens with two attached hydrogens (primary N) is 1. The van der Waals surface area contributed by atoms with Crippen molar-refractivity contribution < 1.29 is 34.2 Å². The molecule has 3 amide bonds. The van der Waals surface area contributed by atoms with Crippen molar-refractivity contribution in [3.63, 3.8) is 0 Å². The number of thioether (sulfide) groups is 1. The van der Waals surface area contributed by atoms with E-state index in [0.29, 0.717) is 11.3 Å². The van der Waals surface area contributed by atoms with E-state index in [-0.39, 0.29) is 12.8 Å². The van der Waals surface area contributed by atoms with Gasteiger partial charge in [-0.3, -0.25) is 19.2 Å². The Kier molecular flexibility index (Phi) is 11.6. The normalized spacial score (nSPS) is 14.3. The Morgan fingerprint density at radius 1 is 0.974 bits per heavy atom. The Morgan fingerprint density at radius 2 is 1.63 bits per heavy atom. The summed E-state index contributed by atoms with van der Waals surface area (Å²) >= 11 is 1.44. The Bertz CT molecular complexity index is 1150. The van der Waals surface area contributed by atoms with Crippen LogP contribution in [0.4, 0.5) is 0 Å². The lowest BCUT2D eigenvalue weighted by molar-refractivity contribution is -0.142. The van der Waals surface area contributed by atoms with Crippen molar-refractivity contribution in [3.8, 4) is 0 Å². The van der Waals surface area contributed by atoms with Crippen LogP contribution < -0.4 is 21.7 Å². The molecule has 12 nitrogen and oxygen atoms in total. The molecule has 0 aliphatic heterocycles. The van der Waals surface area contributed by atoms with Gasteiger partial charge in [0.05, 0.1) is 12.5 Å². The van der Waals surface area contributed by atoms with Crippen molar-refractivity contribution in [2.24, 2.45) is 11.7 Å². The molecular formula is C25H35N5O7S. The highest BCUT2D eigenvalue weighted by Crippen LogP contribution is 2.19. The van der Waals surface area contributed by atoms with Crippen molar-refractivity contribution in [1.82, 2.24) is 20.9 Å². The molecule has 38 heavy (non-hydrogen) atoms. The summed E-state index contributed by atoms with van der Waals surface area (Å²) in [6.45, 7) is 3.39. The number of carbonyl (C=O) groups is 5. The van der Waals surface area contributed by atoms with E-state index in [1.165, 1.54) is 11.8 Å². The Hall–Kier alpha value is -3.58. The van der Waals surface area contributed by atoms with Crippen molar-refractivity contribution in [1.29, 1.82) is 0 Å². The lowest BCUT2D eigenvalue weighted by Gasteiger charge is -2.27. The summed E-state index contributed by atoms with van der Waals surface area (Å²) in [5.74, 6) is -4.54. The summed E-state index contributed by atoms with van der Waals surface area (Å²) in [5, 5.41) is 26.9. The third kappa shape index (κ3) is 8.77. The van der Waals surface area contributed by atoms with Gasteiger partial charge in [0.25, 0.3) is 0 Å². The Morgan fingerprint density at radius 3 is 2.24 bits per heavy atom. The molecule has 0 fully saturated rings. The van der Waals surface area contributed by atoms with E-state index in [9.17, 15) is 29.1 Å². The SMILES string of the molecule is CSCCC(NC(=O)C(NC(=O)C(Cc1c[nH]c2ccccc12)NC(=O)C(N)CC(=O)O)C(C)C)C(=O)O. The lowest BCUT2D eigenvalue weighted by atomic mass is 10.00. The van der Waals surface area contributed by atoms with Crippen LogP contribution in [0, 0.1) is 5.92 Å². The zero-order valence-electron chi connectivity index (χ0n) is 21.5. The fourth-order valence-electron chi connectivity index (χ4n) is 3.83. The first-order valence-electron chi connectivity index (χ1n) is 12.1. The van der Waals surface area contributed by atoms with Crippen molar-refractivity contribution in [3.05, 3.63) is 36.0 Å². The van der Waals surface area contributed by atoms with Gasteiger partial charge in [0.2, 0.25) is 17.7 Å². The van der Waals surface area contributed by atoms with Crippen LogP contribution in [-0.4, -0.2) is 81.0 Å². The van der Waals surface area contributed by atoms with Crippen LogP contribution in [-0.2, 0) is 30.4 Å². The third-order valence-corrected chi connectivity index (χ3v) is 6.58. The number of aromatic nitrogens is 1. The van der Waals surface area contributed by atoms with E-state index in [2.05, 4.69) is 20.9 Å². The molecule has 0 aliphatic carbocycles. The molecule has 0 bridgehead atoms. The summed E-state index contributed by atoms with van der Waals surface area (Å²) in [7, 11) is 0. The van der Waals surface area contributed by atoms with Crippen LogP contribution in [0.15, 0.2) is 30.5 Å². The number of aliphatic carboxylic acids is 2. The number of carboxylic acids is 2. The maximum Gasteiger partial charge on any atom is 0.326 e. The maximum atomic E-state index is 13.4. The number of benzene rings is 1. The predicted octanol–water partition coefficient (Wildman–Crippen LogP) is 0.461. The average molecular weight is 550 g/mol. The highest BCUT2D eigenvalue weighted by Gasteiger charge is 2.32. The predicted molar refractivity (Wildman–Crippen MR) is 143 cm³/mol. The van der Waals surface area contributed by atoms with E-state index in [1.807, 2.05) is 30.5 Å². The minimum absolute atomic E-state index is 0.0271. The molecule has 13 heteroatoms. The highest BCUT2D eigenvalue weighted by molar-refractivity contribution is 7.98. The van der Waals surface area contributed by atoms with Crippen molar-refractivity contribution in [2.45, 2.75) is 57.3 Å². The standard InChI is InChI=1S/C25H35N5O7S/c1-13(2)21(24(35)28-18(25(36)37)8-9-38-3)30-23(34)19(29-22(33)16(26)11-20(31)32)10-14-12-27-17-7-5-4-6-15(14)17/h4-7,12-13,16,18-19,21,27H,8-11,26H2,1-3H3,(H,28,35)(H,29,33)(H,30,34)(H,31,32)(H,36,37). The molecule has 2 rings (SSSR count). The number of aromatic amines is 1. The number of fused-ring (bicyclic) bond motifs is 1. The largest absolute Gasteiger partial charge is 0.481 e. The fourth-order valence-corrected chi connectivity index (χ4v) is 4.30. The van der Waals surface area contributed by atoms with Crippen LogP contribution >= 0.6 is 11.8 Å². The van der Waals surface area contributed by atoms with Gasteiger partial charge in [0, 0.05) is 23.5 Å². The molecule has 2 aromatic rings. The molecule has 1 heterocycles. The summed E-state index contributed by atoms with van der Waals surface area (Å²) in [4.78, 5) is 64.7. The number of carboxylic acid groups (broad SMARTS) is 2. The molecule has 1 aromatic carbocycles. The molecule has 0 saturated heterocycles. The Labute approximate surface area is 224 Å². The van der Waals surface area contributed by atoms with E-state index in [0.717, 1.165) is 10.9 Å². The molecule has 208 valence electrons. The van der Waals surface area contributed by atoms with Gasteiger partial charge in [-0.05, 0) is 36.0 Å². The summed E-state index contributed by atoms with van der Waals surface area (Å²) in [6, 6.07) is 2.58. The molecular weight excluding hydrogens is 514 g/mol. The van der Waals surface area contributed by atoms with Gasteiger partial charge in [-0.2, -0.15) is 11.8 Å². The third-order valence-electron chi connectivity index (χ3n) is 5.94. The minimum Gasteiger partial charge on any atom is -0.481 e. The van der Waals surface area contributed by atoms with E-state index >= 15 is 0 Å². The van der Waals surface area contributed by atoms with Gasteiger partial charge in [-0.15, -0.1) is 0 Å². The van der Waals surface area contributed by atoms with Crippen molar-refractivity contribution >= 4 is 52.3 Å². The van der Waals surface area contributed by atoms with Gasteiger partial charge in [0.1, 0.15) is 18.1 Å². The zero-order chi connectivity index (χ0) is 28.4. The maximum absolute atomic E-state index is 13.4. The van der Waals surface area contributed by atoms with Gasteiger partial charge in [-0.1, -0.05) is 32.0 Å². The second kappa shape index (κ2) is 14.4. The van der Waals surface area contributed by atoms with Crippen LogP contribution in [0.1, 0.15) is 32.3 Å². The molecule has 1 aromatic heterocycles. The lowest BCUT2D eigenvalue weighted by Crippen LogP contribution is -2.59. The van der Waals surface area contributed by atoms with Crippen LogP contribution in [0.25, 0.3) is 10.9 Å². The van der Waals surface area contributed by atoms with Gasteiger partial charge < -0.3 is 36.9 Å². The fraction of sp³-hybridized carbons (Fsp3) is 0.480. The van der Waals surface area contributed by atoms with Gasteiger partial charge >= 0.3 is 11.9 Å². The summed E-state index contributed by atoms with van der Waals surface area (Å²) in [5.41, 5.74) is 7.23. The first-order chi connectivity index (χ1) is 17.9. The number of para-hydroxylation sites is 1. The molecule has 0 spiro atoms. The van der Waals surface area contributed by atoms with Crippen molar-refractivity contribution in [2.75, 3.05) is 12.0 Å². The molecule has 8 N–H and O–H groups in total.